The first kappa shape index (κ1) is 13.8. The fourth-order valence-corrected chi connectivity index (χ4v) is 2.15. The average molecular weight is 238 g/mol. The molecule has 1 rings (SSSR count). The lowest BCUT2D eigenvalue weighted by Gasteiger charge is -2.18. The number of nitrogens with zero attached hydrogens (tertiary/aromatic N) is 1. The molecule has 0 spiro atoms. The zero-order valence-electron chi connectivity index (χ0n) is 9.98. The normalized spacial score (nSPS) is 23.2. The van der Waals surface area contributed by atoms with Crippen molar-refractivity contribution in [2.24, 2.45) is 0 Å². The van der Waals surface area contributed by atoms with Crippen molar-refractivity contribution in [1.29, 1.82) is 0 Å². The van der Waals surface area contributed by atoms with Gasteiger partial charge in [-0.1, -0.05) is 13.8 Å². The molecule has 1 heterocycles. The minimum atomic E-state index is -4.00. The third-order valence-corrected chi connectivity index (χ3v) is 2.78. The molecular weight excluding hydrogens is 217 g/mol. The molecule has 0 saturated carbocycles. The van der Waals surface area contributed by atoms with Gasteiger partial charge in [0.15, 0.2) is 0 Å². The van der Waals surface area contributed by atoms with E-state index >= 15 is 0 Å². The maximum Gasteiger partial charge on any atom is 0.389 e. The highest BCUT2D eigenvalue weighted by molar-refractivity contribution is 4.81. The number of hydrogen-bond acceptors (Lipinski definition) is 2. The van der Waals surface area contributed by atoms with E-state index < -0.39 is 12.6 Å². The number of rotatable bonds is 5. The summed E-state index contributed by atoms with van der Waals surface area (Å²) in [5, 5.41) is 3.41. The van der Waals surface area contributed by atoms with Crippen LogP contribution in [0.25, 0.3) is 0 Å². The summed E-state index contributed by atoms with van der Waals surface area (Å²) in [6.45, 7) is 6.55. The fourth-order valence-electron chi connectivity index (χ4n) is 2.15. The number of alkyl halides is 3. The molecule has 5 heteroatoms. The van der Waals surface area contributed by atoms with Crippen LogP contribution >= 0.6 is 0 Å². The predicted molar refractivity (Wildman–Crippen MR) is 58.4 cm³/mol. The molecule has 0 aromatic heterocycles. The van der Waals surface area contributed by atoms with Gasteiger partial charge in [-0.25, -0.2) is 0 Å². The topological polar surface area (TPSA) is 15.3 Å². The number of halogens is 3. The van der Waals surface area contributed by atoms with Gasteiger partial charge in [0.25, 0.3) is 0 Å². The molecule has 0 aromatic rings. The van der Waals surface area contributed by atoms with Gasteiger partial charge >= 0.3 is 6.18 Å². The van der Waals surface area contributed by atoms with Gasteiger partial charge in [-0.05, 0) is 25.9 Å². The summed E-state index contributed by atoms with van der Waals surface area (Å²) in [6.07, 6.45) is -3.40. The van der Waals surface area contributed by atoms with Crippen LogP contribution in [0.2, 0.25) is 0 Å². The lowest BCUT2D eigenvalue weighted by atomic mass is 10.2. The van der Waals surface area contributed by atoms with Crippen LogP contribution in [0.5, 0.6) is 0 Å². The molecule has 1 aliphatic rings. The first-order valence-corrected chi connectivity index (χ1v) is 5.92. The van der Waals surface area contributed by atoms with E-state index in [1.165, 1.54) is 0 Å². The van der Waals surface area contributed by atoms with E-state index in [9.17, 15) is 13.2 Å². The Hall–Kier alpha value is -0.290. The molecule has 1 N–H and O–H groups in total. The van der Waals surface area contributed by atoms with Crippen LogP contribution < -0.4 is 5.32 Å². The van der Waals surface area contributed by atoms with Gasteiger partial charge in [-0.3, -0.25) is 0 Å². The van der Waals surface area contributed by atoms with Crippen LogP contribution in [0.15, 0.2) is 0 Å². The number of nitrogens with one attached hydrogen (secondary N) is 1. The van der Waals surface area contributed by atoms with Gasteiger partial charge in [-0.15, -0.1) is 0 Å². The van der Waals surface area contributed by atoms with E-state index in [0.717, 1.165) is 19.5 Å². The molecule has 0 radical (unpaired) electrons. The average Bonchev–Trinajstić information content (AvgIpc) is 2.49. The second-order valence-corrected chi connectivity index (χ2v) is 4.83. The van der Waals surface area contributed by atoms with Crippen molar-refractivity contribution in [3.8, 4) is 0 Å². The maximum absolute atomic E-state index is 11.9. The highest BCUT2D eigenvalue weighted by Gasteiger charge is 2.28. The summed E-state index contributed by atoms with van der Waals surface area (Å²) in [5.41, 5.74) is 0. The third kappa shape index (κ3) is 5.70. The van der Waals surface area contributed by atoms with Crippen LogP contribution in [-0.4, -0.2) is 42.8 Å². The van der Waals surface area contributed by atoms with Crippen molar-refractivity contribution in [2.45, 2.75) is 51.4 Å². The van der Waals surface area contributed by atoms with Gasteiger partial charge in [0, 0.05) is 25.0 Å². The van der Waals surface area contributed by atoms with Gasteiger partial charge in [0.05, 0.1) is 0 Å². The van der Waals surface area contributed by atoms with Crippen LogP contribution in [0, 0.1) is 0 Å². The molecule has 1 atom stereocenters. The molecule has 0 aromatic carbocycles. The van der Waals surface area contributed by atoms with Gasteiger partial charge < -0.3 is 10.2 Å². The molecule has 16 heavy (non-hydrogen) atoms. The molecular formula is C11H21F3N2. The van der Waals surface area contributed by atoms with E-state index in [1.807, 2.05) is 0 Å². The minimum absolute atomic E-state index is 0.220. The summed E-state index contributed by atoms with van der Waals surface area (Å²) in [4.78, 5) is 2.12. The molecule has 1 unspecified atom stereocenters. The van der Waals surface area contributed by atoms with Crippen molar-refractivity contribution >= 4 is 0 Å². The number of likely N-dealkylation sites (tertiary alicyclic amines) is 1. The van der Waals surface area contributed by atoms with Crippen LogP contribution in [0.4, 0.5) is 13.2 Å². The highest BCUT2D eigenvalue weighted by atomic mass is 19.4. The predicted octanol–water partition coefficient (Wildman–Crippen LogP) is 2.40. The van der Waals surface area contributed by atoms with Gasteiger partial charge in [-0.2, -0.15) is 13.2 Å². The van der Waals surface area contributed by atoms with Crippen LogP contribution in [0.3, 0.4) is 0 Å². The lowest BCUT2D eigenvalue weighted by molar-refractivity contribution is -0.136. The first-order valence-electron chi connectivity index (χ1n) is 5.92. The molecule has 96 valence electrons. The van der Waals surface area contributed by atoms with Crippen molar-refractivity contribution in [2.75, 3.05) is 19.6 Å². The van der Waals surface area contributed by atoms with E-state index in [2.05, 4.69) is 24.1 Å². The van der Waals surface area contributed by atoms with Gasteiger partial charge in [0.2, 0.25) is 0 Å². The largest absolute Gasteiger partial charge is 0.389 e. The Morgan fingerprint density at radius 2 is 2.06 bits per heavy atom. The standard InChI is InChI=1S/C11H21F3N2/c1-9(2)15-10-4-7-16(8-10)6-3-5-11(12,13)14/h9-10,15H,3-8H2,1-2H3. The Balaban J connectivity index is 2.12. The minimum Gasteiger partial charge on any atom is -0.310 e. The maximum atomic E-state index is 11.9. The summed E-state index contributed by atoms with van der Waals surface area (Å²) in [7, 11) is 0. The number of hydrogen-bond donors (Lipinski definition) is 1. The van der Waals surface area contributed by atoms with E-state index in [-0.39, 0.29) is 6.42 Å². The third-order valence-electron chi connectivity index (χ3n) is 2.78. The Bertz CT molecular complexity index is 204. The SMILES string of the molecule is CC(C)NC1CCN(CCCC(F)(F)F)C1. The lowest BCUT2D eigenvalue weighted by Crippen LogP contribution is -2.37. The Labute approximate surface area is 95.2 Å². The molecule has 2 nitrogen and oxygen atoms in total. The molecule has 1 saturated heterocycles. The van der Waals surface area contributed by atoms with Crippen molar-refractivity contribution in [1.82, 2.24) is 10.2 Å². The van der Waals surface area contributed by atoms with Crippen LogP contribution in [0.1, 0.15) is 33.1 Å². The Morgan fingerprint density at radius 1 is 1.38 bits per heavy atom. The second-order valence-electron chi connectivity index (χ2n) is 4.83. The van der Waals surface area contributed by atoms with Crippen LogP contribution in [-0.2, 0) is 0 Å². The zero-order valence-corrected chi connectivity index (χ0v) is 9.98. The molecule has 0 aliphatic carbocycles. The zero-order chi connectivity index (χ0) is 12.2. The quantitative estimate of drug-likeness (QED) is 0.791. The summed E-state index contributed by atoms with van der Waals surface area (Å²) in [6, 6.07) is 0.894. The highest BCUT2D eigenvalue weighted by Crippen LogP contribution is 2.22. The summed E-state index contributed by atoms with van der Waals surface area (Å²) >= 11 is 0. The van der Waals surface area contributed by atoms with Crippen molar-refractivity contribution < 1.29 is 13.2 Å². The van der Waals surface area contributed by atoms with Crippen molar-refractivity contribution in [3.63, 3.8) is 0 Å². The van der Waals surface area contributed by atoms with Crippen molar-refractivity contribution in [3.05, 3.63) is 0 Å². The second kappa shape index (κ2) is 5.87. The Morgan fingerprint density at radius 3 is 2.62 bits per heavy atom. The molecule has 1 fully saturated rings. The summed E-state index contributed by atoms with van der Waals surface area (Å²) < 4.78 is 35.8. The monoisotopic (exact) mass is 238 g/mol. The molecule has 1 aliphatic heterocycles. The smallest absolute Gasteiger partial charge is 0.310 e. The van der Waals surface area contributed by atoms with E-state index in [0.29, 0.717) is 18.6 Å². The molecule has 0 bridgehead atoms. The summed E-state index contributed by atoms with van der Waals surface area (Å²) in [5.74, 6) is 0. The molecule has 0 amide bonds. The van der Waals surface area contributed by atoms with E-state index in [4.69, 9.17) is 0 Å². The van der Waals surface area contributed by atoms with Gasteiger partial charge in [0.1, 0.15) is 0 Å². The Kier molecular flexibility index (Phi) is 5.05. The first-order chi connectivity index (χ1) is 7.37. The van der Waals surface area contributed by atoms with E-state index in [1.54, 1.807) is 0 Å². The fraction of sp³-hybridized carbons (Fsp3) is 1.00.